The largest absolute Gasteiger partial charge is 0.481 e. The quantitative estimate of drug-likeness (QED) is 0.872. The number of aliphatic carboxylic acids is 1. The fourth-order valence-corrected chi connectivity index (χ4v) is 3.26. The van der Waals surface area contributed by atoms with Crippen molar-refractivity contribution >= 4 is 17.3 Å². The van der Waals surface area contributed by atoms with Crippen LogP contribution in [0.3, 0.4) is 0 Å². The van der Waals surface area contributed by atoms with Gasteiger partial charge in [0, 0.05) is 10.3 Å². The van der Waals surface area contributed by atoms with E-state index < -0.39 is 5.97 Å². The predicted molar refractivity (Wildman–Crippen MR) is 78.8 cm³/mol. The van der Waals surface area contributed by atoms with E-state index in [0.29, 0.717) is 0 Å². The summed E-state index contributed by atoms with van der Waals surface area (Å²) in [4.78, 5) is 18.8. The van der Waals surface area contributed by atoms with Crippen molar-refractivity contribution in [2.45, 2.75) is 53.0 Å². The summed E-state index contributed by atoms with van der Waals surface area (Å²) in [6.45, 7) is 13.3. The first-order valence-electron chi connectivity index (χ1n) is 6.71. The van der Waals surface area contributed by atoms with Crippen LogP contribution in [0.15, 0.2) is 0 Å². The third kappa shape index (κ3) is 4.58. The maximum atomic E-state index is 11.0. The van der Waals surface area contributed by atoms with Crippen LogP contribution < -0.4 is 0 Å². The minimum Gasteiger partial charge on any atom is -0.481 e. The number of hydrogen-bond acceptors (Lipinski definition) is 4. The summed E-state index contributed by atoms with van der Waals surface area (Å²) in [7, 11) is 0. The Balaban J connectivity index is 3.02. The number of hydrogen-bond donors (Lipinski definition) is 1. The van der Waals surface area contributed by atoms with Gasteiger partial charge < -0.3 is 5.11 Å². The average Bonchev–Trinajstić information content (AvgIpc) is 2.67. The van der Waals surface area contributed by atoms with Crippen molar-refractivity contribution < 1.29 is 9.90 Å². The van der Waals surface area contributed by atoms with Gasteiger partial charge >= 0.3 is 5.97 Å². The summed E-state index contributed by atoms with van der Waals surface area (Å²) >= 11 is 1.54. The highest BCUT2D eigenvalue weighted by atomic mass is 32.1. The van der Waals surface area contributed by atoms with Crippen molar-refractivity contribution in [3.05, 3.63) is 15.6 Å². The molecule has 1 N–H and O–H groups in total. The van der Waals surface area contributed by atoms with Crippen LogP contribution in [0.2, 0.25) is 0 Å². The molecule has 5 heteroatoms. The molecule has 108 valence electrons. The second-order valence-electron chi connectivity index (χ2n) is 5.66. The molecule has 4 nitrogen and oxygen atoms in total. The van der Waals surface area contributed by atoms with Crippen LogP contribution in [0.25, 0.3) is 0 Å². The third-order valence-corrected chi connectivity index (χ3v) is 4.06. The lowest BCUT2D eigenvalue weighted by atomic mass is 9.91. The van der Waals surface area contributed by atoms with Crippen LogP contribution in [0.5, 0.6) is 0 Å². The summed E-state index contributed by atoms with van der Waals surface area (Å²) in [6, 6.07) is 0. The van der Waals surface area contributed by atoms with Crippen molar-refractivity contribution in [2.75, 3.05) is 13.1 Å². The molecule has 0 spiro atoms. The Hall–Kier alpha value is -0.940. The van der Waals surface area contributed by atoms with E-state index in [4.69, 9.17) is 5.11 Å². The van der Waals surface area contributed by atoms with E-state index in [-0.39, 0.29) is 11.8 Å². The van der Waals surface area contributed by atoms with Crippen LogP contribution >= 0.6 is 11.3 Å². The van der Waals surface area contributed by atoms with Gasteiger partial charge in [0.1, 0.15) is 5.01 Å². The Morgan fingerprint density at radius 1 is 1.32 bits per heavy atom. The van der Waals surface area contributed by atoms with Crippen molar-refractivity contribution in [2.24, 2.45) is 0 Å². The lowest BCUT2D eigenvalue weighted by Crippen LogP contribution is -2.22. The molecule has 0 aliphatic heterocycles. The summed E-state index contributed by atoms with van der Waals surface area (Å²) in [5.74, 6) is -0.788. The highest BCUT2D eigenvalue weighted by Crippen LogP contribution is 2.30. The zero-order valence-corrected chi connectivity index (χ0v) is 13.3. The highest BCUT2D eigenvalue weighted by Gasteiger charge is 2.24. The topological polar surface area (TPSA) is 53.4 Å². The Bertz CT molecular complexity index is 431. The highest BCUT2D eigenvalue weighted by molar-refractivity contribution is 7.11. The average molecular weight is 284 g/mol. The maximum Gasteiger partial charge on any atom is 0.308 e. The minimum absolute atomic E-state index is 0.0719. The molecule has 1 aromatic rings. The molecule has 1 aromatic heterocycles. The van der Waals surface area contributed by atoms with Gasteiger partial charge in [0.25, 0.3) is 0 Å². The van der Waals surface area contributed by atoms with Crippen LogP contribution in [-0.2, 0) is 23.2 Å². The Labute approximate surface area is 119 Å². The molecule has 0 aromatic carbocycles. The first-order chi connectivity index (χ1) is 8.77. The molecule has 0 radical (unpaired) electrons. The number of carbonyl (C=O) groups is 1. The molecular formula is C14H24N2O2S. The van der Waals surface area contributed by atoms with E-state index in [1.165, 1.54) is 0 Å². The van der Waals surface area contributed by atoms with Gasteiger partial charge in [-0.25, -0.2) is 4.98 Å². The molecule has 0 saturated heterocycles. The van der Waals surface area contributed by atoms with E-state index in [2.05, 4.69) is 44.5 Å². The lowest BCUT2D eigenvalue weighted by Gasteiger charge is -2.17. The molecule has 0 amide bonds. The zero-order valence-electron chi connectivity index (χ0n) is 12.5. The second kappa shape index (κ2) is 6.48. The van der Waals surface area contributed by atoms with E-state index in [0.717, 1.165) is 35.2 Å². The number of carboxylic acid groups (broad SMARTS) is 1. The maximum absolute atomic E-state index is 11.0. The van der Waals surface area contributed by atoms with Crippen LogP contribution in [-0.4, -0.2) is 34.0 Å². The molecule has 19 heavy (non-hydrogen) atoms. The molecule has 1 heterocycles. The summed E-state index contributed by atoms with van der Waals surface area (Å²) < 4.78 is 0. The monoisotopic (exact) mass is 284 g/mol. The Morgan fingerprint density at radius 3 is 2.32 bits per heavy atom. The van der Waals surface area contributed by atoms with Gasteiger partial charge in [-0.1, -0.05) is 34.6 Å². The van der Waals surface area contributed by atoms with Gasteiger partial charge in [-0.3, -0.25) is 9.69 Å². The SMILES string of the molecule is CCN(CC)Cc1nc(C(C)(C)C)c(CC(=O)O)s1. The Kier molecular flexibility index (Phi) is 5.50. The fraction of sp³-hybridized carbons (Fsp3) is 0.714. The van der Waals surface area contributed by atoms with Crippen molar-refractivity contribution in [1.82, 2.24) is 9.88 Å². The summed E-state index contributed by atoms with van der Waals surface area (Å²) in [5, 5.41) is 10.0. The predicted octanol–water partition coefficient (Wildman–Crippen LogP) is 2.91. The fourth-order valence-electron chi connectivity index (χ4n) is 1.95. The van der Waals surface area contributed by atoms with Crippen LogP contribution in [0.1, 0.15) is 50.2 Å². The Morgan fingerprint density at radius 2 is 1.89 bits per heavy atom. The third-order valence-electron chi connectivity index (χ3n) is 3.02. The zero-order chi connectivity index (χ0) is 14.6. The van der Waals surface area contributed by atoms with Gasteiger partial charge in [0.15, 0.2) is 0 Å². The molecule has 1 rings (SSSR count). The van der Waals surface area contributed by atoms with Crippen LogP contribution in [0, 0.1) is 0 Å². The first-order valence-corrected chi connectivity index (χ1v) is 7.52. The van der Waals surface area contributed by atoms with Crippen molar-refractivity contribution in [3.63, 3.8) is 0 Å². The van der Waals surface area contributed by atoms with Gasteiger partial charge in [0.05, 0.1) is 18.7 Å². The molecule has 0 saturated carbocycles. The van der Waals surface area contributed by atoms with Gasteiger partial charge in [-0.2, -0.15) is 0 Å². The molecule has 0 atom stereocenters. The van der Waals surface area contributed by atoms with Gasteiger partial charge in [-0.15, -0.1) is 11.3 Å². The van der Waals surface area contributed by atoms with E-state index in [9.17, 15) is 4.79 Å². The van der Waals surface area contributed by atoms with Gasteiger partial charge in [-0.05, 0) is 13.1 Å². The first kappa shape index (κ1) is 16.1. The summed E-state index contributed by atoms with van der Waals surface area (Å²) in [6.07, 6.45) is 0.0719. The molecule has 0 bridgehead atoms. The number of nitrogens with zero attached hydrogens (tertiary/aromatic N) is 2. The second-order valence-corrected chi connectivity index (χ2v) is 6.83. The number of aromatic nitrogens is 1. The smallest absolute Gasteiger partial charge is 0.308 e. The van der Waals surface area contributed by atoms with E-state index >= 15 is 0 Å². The van der Waals surface area contributed by atoms with Crippen molar-refractivity contribution in [3.8, 4) is 0 Å². The molecule has 0 aliphatic rings. The normalized spacial score (nSPS) is 12.1. The number of thiazole rings is 1. The summed E-state index contributed by atoms with van der Waals surface area (Å²) in [5.41, 5.74) is 0.824. The minimum atomic E-state index is -0.788. The number of rotatable bonds is 6. The standard InChI is InChI=1S/C14H24N2O2S/c1-6-16(7-2)9-11-15-13(14(3,4)5)10(19-11)8-12(17)18/h6-9H2,1-5H3,(H,17,18). The van der Waals surface area contributed by atoms with Crippen LogP contribution in [0.4, 0.5) is 0 Å². The van der Waals surface area contributed by atoms with Gasteiger partial charge in [0.2, 0.25) is 0 Å². The molecular weight excluding hydrogens is 260 g/mol. The van der Waals surface area contributed by atoms with E-state index in [1.54, 1.807) is 11.3 Å². The molecule has 0 fully saturated rings. The molecule has 0 aliphatic carbocycles. The number of carboxylic acids is 1. The molecule has 0 unspecified atom stereocenters. The van der Waals surface area contributed by atoms with E-state index in [1.807, 2.05) is 0 Å². The lowest BCUT2D eigenvalue weighted by molar-refractivity contribution is -0.136. The van der Waals surface area contributed by atoms with Crippen molar-refractivity contribution in [1.29, 1.82) is 0 Å².